The molecule has 1 aromatic heterocycles. The Kier molecular flexibility index (Phi) is 7.99. The highest BCUT2D eigenvalue weighted by atomic mass is 32.2. The number of anilines is 1. The van der Waals surface area contributed by atoms with Crippen LogP contribution in [-0.2, 0) is 24.2 Å². The number of para-hydroxylation sites is 1. The van der Waals surface area contributed by atoms with Crippen molar-refractivity contribution in [2.24, 2.45) is 0 Å². The molecule has 4 aromatic rings. The minimum Gasteiger partial charge on any atom is -0.486 e. The molecule has 0 aliphatic heterocycles. The highest BCUT2D eigenvalue weighted by Gasteiger charge is 2.17. The van der Waals surface area contributed by atoms with Gasteiger partial charge >= 0.3 is 0 Å². The molecule has 3 aromatic carbocycles. The summed E-state index contributed by atoms with van der Waals surface area (Å²) < 4.78 is 7.88. The number of benzene rings is 3. The zero-order valence-corrected chi connectivity index (χ0v) is 20.2. The molecule has 0 unspecified atom stereocenters. The first kappa shape index (κ1) is 23.6. The molecule has 34 heavy (non-hydrogen) atoms. The van der Waals surface area contributed by atoms with Crippen LogP contribution < -0.4 is 10.1 Å². The lowest BCUT2D eigenvalue weighted by Crippen LogP contribution is -2.14. The Morgan fingerprint density at radius 2 is 1.53 bits per heavy atom. The summed E-state index contributed by atoms with van der Waals surface area (Å²) >= 11 is 1.35. The summed E-state index contributed by atoms with van der Waals surface area (Å²) in [6.45, 7) is 4.50. The molecule has 0 aliphatic carbocycles. The van der Waals surface area contributed by atoms with Crippen LogP contribution in [0.5, 0.6) is 5.75 Å². The van der Waals surface area contributed by atoms with Crippen LogP contribution in [0.25, 0.3) is 5.69 Å². The van der Waals surface area contributed by atoms with Gasteiger partial charge in [-0.25, -0.2) is 0 Å². The summed E-state index contributed by atoms with van der Waals surface area (Å²) in [4.78, 5) is 12.6. The van der Waals surface area contributed by atoms with E-state index < -0.39 is 0 Å². The number of nitrogens with zero attached hydrogens (tertiary/aromatic N) is 3. The van der Waals surface area contributed by atoms with E-state index in [2.05, 4.69) is 41.5 Å². The van der Waals surface area contributed by atoms with Crippen molar-refractivity contribution in [3.63, 3.8) is 0 Å². The van der Waals surface area contributed by atoms with Crippen LogP contribution in [0.3, 0.4) is 0 Å². The largest absolute Gasteiger partial charge is 0.486 e. The third kappa shape index (κ3) is 6.05. The van der Waals surface area contributed by atoms with Crippen LogP contribution in [0, 0.1) is 0 Å². The third-order valence-electron chi connectivity index (χ3n) is 5.39. The lowest BCUT2D eigenvalue weighted by molar-refractivity contribution is -0.113. The molecule has 4 rings (SSSR count). The topological polar surface area (TPSA) is 69.0 Å². The molecule has 1 N–H and O–H groups in total. The van der Waals surface area contributed by atoms with Gasteiger partial charge in [0, 0.05) is 11.4 Å². The van der Waals surface area contributed by atoms with Gasteiger partial charge in [-0.05, 0) is 60.4 Å². The molecule has 0 bridgehead atoms. The molecule has 7 heteroatoms. The van der Waals surface area contributed by atoms with Gasteiger partial charge in [-0.3, -0.25) is 9.36 Å². The fraction of sp³-hybridized carbons (Fsp3) is 0.222. The van der Waals surface area contributed by atoms with Gasteiger partial charge in [-0.1, -0.05) is 68.1 Å². The normalized spacial score (nSPS) is 10.8. The second kappa shape index (κ2) is 11.5. The van der Waals surface area contributed by atoms with Crippen molar-refractivity contribution in [3.05, 3.63) is 95.8 Å². The number of rotatable bonds is 10. The van der Waals surface area contributed by atoms with Gasteiger partial charge in [0.1, 0.15) is 12.4 Å². The summed E-state index contributed by atoms with van der Waals surface area (Å²) in [5.41, 5.74) is 4.21. The molecular formula is C27H28N4O2S. The van der Waals surface area contributed by atoms with Gasteiger partial charge in [-0.2, -0.15) is 0 Å². The Balaban J connectivity index is 1.49. The first-order chi connectivity index (χ1) is 16.7. The fourth-order valence-corrected chi connectivity index (χ4v) is 4.21. The molecule has 0 spiro atoms. The molecule has 0 saturated heterocycles. The number of aromatic nitrogens is 3. The van der Waals surface area contributed by atoms with E-state index in [9.17, 15) is 4.79 Å². The van der Waals surface area contributed by atoms with Crippen LogP contribution in [0.1, 0.15) is 30.8 Å². The van der Waals surface area contributed by atoms with E-state index in [0.717, 1.165) is 30.0 Å². The number of amides is 1. The van der Waals surface area contributed by atoms with Crippen molar-refractivity contribution in [2.45, 2.75) is 38.5 Å². The van der Waals surface area contributed by atoms with Crippen molar-refractivity contribution >= 4 is 23.4 Å². The molecule has 0 fully saturated rings. The molecule has 0 aliphatic rings. The lowest BCUT2D eigenvalue weighted by Gasteiger charge is -2.12. The van der Waals surface area contributed by atoms with Crippen molar-refractivity contribution in [1.29, 1.82) is 0 Å². The van der Waals surface area contributed by atoms with Crippen LogP contribution in [0.15, 0.2) is 84.0 Å². The average Bonchev–Trinajstić information content (AvgIpc) is 3.30. The highest BCUT2D eigenvalue weighted by molar-refractivity contribution is 7.99. The van der Waals surface area contributed by atoms with Crippen molar-refractivity contribution < 1.29 is 9.53 Å². The molecule has 6 nitrogen and oxygen atoms in total. The number of nitrogens with one attached hydrogen (secondary N) is 1. The number of ether oxygens (including phenoxy) is 1. The Labute approximate surface area is 204 Å². The van der Waals surface area contributed by atoms with E-state index in [1.807, 2.05) is 71.3 Å². The van der Waals surface area contributed by atoms with E-state index in [-0.39, 0.29) is 18.3 Å². The molecular weight excluding hydrogens is 444 g/mol. The van der Waals surface area contributed by atoms with E-state index in [0.29, 0.717) is 11.0 Å². The Morgan fingerprint density at radius 3 is 2.18 bits per heavy atom. The Hall–Kier alpha value is -3.58. The number of aryl methyl sites for hydroxylation is 2. The van der Waals surface area contributed by atoms with E-state index in [4.69, 9.17) is 4.74 Å². The second-order valence-electron chi connectivity index (χ2n) is 7.74. The van der Waals surface area contributed by atoms with Crippen LogP contribution >= 0.6 is 11.8 Å². The standard InChI is InChI=1S/C27H28N4O2S/c1-3-20-10-14-22(15-11-20)28-26(32)19-34-27-30-29-25(18-33-24-8-6-5-7-9-24)31(27)23-16-12-21(4-2)13-17-23/h5-17H,3-4,18-19H2,1-2H3,(H,28,32). The SMILES string of the molecule is CCc1ccc(NC(=O)CSc2nnc(COc3ccccc3)n2-c2ccc(CC)cc2)cc1. The summed E-state index contributed by atoms with van der Waals surface area (Å²) in [5, 5.41) is 12.3. The van der Waals surface area contributed by atoms with E-state index in [1.54, 1.807) is 0 Å². The van der Waals surface area contributed by atoms with Gasteiger partial charge in [-0.15, -0.1) is 10.2 Å². The minimum absolute atomic E-state index is 0.0905. The summed E-state index contributed by atoms with van der Waals surface area (Å²) in [6, 6.07) is 25.8. The maximum Gasteiger partial charge on any atom is 0.234 e. The highest BCUT2D eigenvalue weighted by Crippen LogP contribution is 2.24. The van der Waals surface area contributed by atoms with E-state index >= 15 is 0 Å². The molecule has 1 heterocycles. The van der Waals surface area contributed by atoms with Gasteiger partial charge in [0.2, 0.25) is 5.91 Å². The van der Waals surface area contributed by atoms with Gasteiger partial charge in [0.15, 0.2) is 11.0 Å². The van der Waals surface area contributed by atoms with Gasteiger partial charge < -0.3 is 10.1 Å². The second-order valence-corrected chi connectivity index (χ2v) is 8.69. The first-order valence-electron chi connectivity index (χ1n) is 11.4. The molecule has 0 radical (unpaired) electrons. The predicted octanol–water partition coefficient (Wildman–Crippen LogP) is 5.70. The Bertz CT molecular complexity index is 1210. The smallest absolute Gasteiger partial charge is 0.234 e. The third-order valence-corrected chi connectivity index (χ3v) is 6.32. The molecule has 0 atom stereocenters. The maximum atomic E-state index is 12.6. The van der Waals surface area contributed by atoms with Gasteiger partial charge in [0.25, 0.3) is 0 Å². The minimum atomic E-state index is -0.0905. The Morgan fingerprint density at radius 1 is 0.882 bits per heavy atom. The molecule has 0 saturated carbocycles. The summed E-state index contributed by atoms with van der Waals surface area (Å²) in [7, 11) is 0. The molecule has 174 valence electrons. The first-order valence-corrected chi connectivity index (χ1v) is 12.4. The maximum absolute atomic E-state index is 12.6. The summed E-state index contributed by atoms with van der Waals surface area (Å²) in [5.74, 6) is 1.57. The fourth-order valence-electron chi connectivity index (χ4n) is 3.44. The quantitative estimate of drug-likeness (QED) is 0.300. The van der Waals surface area contributed by atoms with Crippen molar-refractivity contribution in [3.8, 4) is 11.4 Å². The number of carbonyl (C=O) groups is 1. The number of hydrogen-bond acceptors (Lipinski definition) is 5. The zero-order chi connectivity index (χ0) is 23.8. The number of carbonyl (C=O) groups excluding carboxylic acids is 1. The van der Waals surface area contributed by atoms with Crippen LogP contribution in [0.2, 0.25) is 0 Å². The van der Waals surface area contributed by atoms with Crippen molar-refractivity contribution in [1.82, 2.24) is 14.8 Å². The predicted molar refractivity (Wildman–Crippen MR) is 137 cm³/mol. The lowest BCUT2D eigenvalue weighted by atomic mass is 10.1. The van der Waals surface area contributed by atoms with Crippen LogP contribution in [-0.4, -0.2) is 26.4 Å². The number of thioether (sulfide) groups is 1. The van der Waals surface area contributed by atoms with Crippen LogP contribution in [0.4, 0.5) is 5.69 Å². The van der Waals surface area contributed by atoms with Crippen molar-refractivity contribution in [2.75, 3.05) is 11.1 Å². The van der Waals surface area contributed by atoms with E-state index in [1.165, 1.54) is 22.9 Å². The van der Waals surface area contributed by atoms with Gasteiger partial charge in [0.05, 0.1) is 5.75 Å². The average molecular weight is 473 g/mol. The zero-order valence-electron chi connectivity index (χ0n) is 19.4. The number of hydrogen-bond donors (Lipinski definition) is 1. The molecule has 1 amide bonds. The monoisotopic (exact) mass is 472 g/mol. The summed E-state index contributed by atoms with van der Waals surface area (Å²) in [6.07, 6.45) is 1.93.